The molecule has 0 bridgehead atoms. The van der Waals surface area contributed by atoms with Gasteiger partial charge in [-0.05, 0) is 66.4 Å². The first-order valence-electron chi connectivity index (χ1n) is 9.96. The molecule has 0 aliphatic rings. The van der Waals surface area contributed by atoms with E-state index in [0.717, 1.165) is 0 Å². The van der Waals surface area contributed by atoms with Crippen LogP contribution in [0.4, 0.5) is 10.3 Å². The van der Waals surface area contributed by atoms with Gasteiger partial charge in [-0.1, -0.05) is 23.7 Å². The smallest absolute Gasteiger partial charge is 0.251 e. The average molecular weight is 454 g/mol. The maximum Gasteiger partial charge on any atom is 0.251 e. The van der Waals surface area contributed by atoms with Crippen LogP contribution in [0.2, 0.25) is 5.02 Å². The fourth-order valence-electron chi connectivity index (χ4n) is 3.47. The van der Waals surface area contributed by atoms with E-state index < -0.39 is 11.9 Å². The highest BCUT2D eigenvalue weighted by atomic mass is 35.5. The largest absolute Gasteiger partial charge is 0.388 e. The number of pyridine rings is 1. The minimum absolute atomic E-state index is 0.118. The molecular weight excluding hydrogens is 433 g/mol. The lowest BCUT2D eigenvalue weighted by molar-refractivity contribution is 0.0942. The summed E-state index contributed by atoms with van der Waals surface area (Å²) in [5.74, 6) is -0.679. The summed E-state index contributed by atoms with van der Waals surface area (Å²) in [6, 6.07) is 13.1. The van der Waals surface area contributed by atoms with Crippen LogP contribution < -0.4 is 11.1 Å². The Morgan fingerprint density at radius 3 is 2.75 bits per heavy atom. The summed E-state index contributed by atoms with van der Waals surface area (Å²) < 4.78 is 16.2. The molecule has 0 spiro atoms. The first-order valence-corrected chi connectivity index (χ1v) is 10.3. The number of anilines is 1. The molecule has 0 unspecified atom stereocenters. The summed E-state index contributed by atoms with van der Waals surface area (Å²) in [6.45, 7) is 1.92. The number of rotatable bonds is 6. The van der Waals surface area contributed by atoms with E-state index in [1.807, 2.05) is 0 Å². The number of aliphatic hydroxyl groups excluding tert-OH is 1. The molecule has 4 aromatic rings. The standard InChI is InChI=1S/C23H21ClFN5O2/c1-13-10-19(25)18(15-7-9-30-21(11-15)28-23(26)29-30)12-17(13)22(32)27-8-6-20(31)14-2-4-16(24)5-3-14/h2-5,7,9-12,20,31H,6,8H2,1H3,(H2,26,29)(H,27,32)/t20-/m0/s1. The maximum absolute atomic E-state index is 14.7. The lowest BCUT2D eigenvalue weighted by atomic mass is 9.99. The number of carbonyl (C=O) groups excluding carboxylic acids is 1. The third-order valence-corrected chi connectivity index (χ3v) is 5.43. The molecule has 0 saturated carbocycles. The average Bonchev–Trinajstić information content (AvgIpc) is 3.13. The highest BCUT2D eigenvalue weighted by Crippen LogP contribution is 2.27. The van der Waals surface area contributed by atoms with Crippen molar-refractivity contribution in [3.63, 3.8) is 0 Å². The third-order valence-electron chi connectivity index (χ3n) is 5.18. The molecule has 0 saturated heterocycles. The Morgan fingerprint density at radius 1 is 1.25 bits per heavy atom. The summed E-state index contributed by atoms with van der Waals surface area (Å²) in [4.78, 5) is 16.9. The summed E-state index contributed by atoms with van der Waals surface area (Å²) in [5.41, 5.74) is 8.48. The summed E-state index contributed by atoms with van der Waals surface area (Å²) in [6.07, 6.45) is 1.22. The van der Waals surface area contributed by atoms with Gasteiger partial charge in [-0.25, -0.2) is 8.91 Å². The number of fused-ring (bicyclic) bond motifs is 1. The molecular formula is C23H21ClFN5O2. The van der Waals surface area contributed by atoms with Crippen LogP contribution in [-0.4, -0.2) is 32.2 Å². The van der Waals surface area contributed by atoms with Crippen molar-refractivity contribution in [2.75, 3.05) is 12.3 Å². The molecule has 4 N–H and O–H groups in total. The maximum atomic E-state index is 14.7. The van der Waals surface area contributed by atoms with Crippen molar-refractivity contribution in [1.29, 1.82) is 0 Å². The topological polar surface area (TPSA) is 106 Å². The van der Waals surface area contributed by atoms with E-state index in [0.29, 0.717) is 39.3 Å². The Kier molecular flexibility index (Phi) is 6.07. The van der Waals surface area contributed by atoms with Crippen molar-refractivity contribution in [2.45, 2.75) is 19.4 Å². The van der Waals surface area contributed by atoms with E-state index >= 15 is 0 Å². The lowest BCUT2D eigenvalue weighted by Gasteiger charge is -2.14. The van der Waals surface area contributed by atoms with Crippen molar-refractivity contribution < 1.29 is 14.3 Å². The number of nitrogens with one attached hydrogen (secondary N) is 1. The molecule has 0 aliphatic carbocycles. The Hall–Kier alpha value is -3.49. The van der Waals surface area contributed by atoms with Gasteiger partial charge in [0.2, 0.25) is 5.95 Å². The molecule has 1 amide bonds. The second-order valence-electron chi connectivity index (χ2n) is 7.45. The Balaban J connectivity index is 1.50. The van der Waals surface area contributed by atoms with Crippen LogP contribution in [-0.2, 0) is 0 Å². The van der Waals surface area contributed by atoms with Crippen molar-refractivity contribution in [2.24, 2.45) is 0 Å². The second kappa shape index (κ2) is 8.94. The van der Waals surface area contributed by atoms with Crippen LogP contribution in [0.3, 0.4) is 0 Å². The van der Waals surface area contributed by atoms with Crippen LogP contribution in [0.15, 0.2) is 54.7 Å². The van der Waals surface area contributed by atoms with Gasteiger partial charge in [-0.15, -0.1) is 5.10 Å². The van der Waals surface area contributed by atoms with E-state index in [9.17, 15) is 14.3 Å². The normalized spacial score (nSPS) is 12.1. The van der Waals surface area contributed by atoms with Crippen molar-refractivity contribution in [3.8, 4) is 11.1 Å². The fourth-order valence-corrected chi connectivity index (χ4v) is 3.60. The summed E-state index contributed by atoms with van der Waals surface area (Å²) in [7, 11) is 0. The van der Waals surface area contributed by atoms with E-state index in [2.05, 4.69) is 15.4 Å². The number of amides is 1. The molecule has 0 radical (unpaired) electrons. The lowest BCUT2D eigenvalue weighted by Crippen LogP contribution is -2.26. The number of aryl methyl sites for hydroxylation is 1. The summed E-state index contributed by atoms with van der Waals surface area (Å²) in [5, 5.41) is 17.7. The molecule has 0 fully saturated rings. The first-order chi connectivity index (χ1) is 15.3. The Bertz CT molecular complexity index is 1290. The van der Waals surface area contributed by atoms with E-state index in [1.165, 1.54) is 16.6 Å². The van der Waals surface area contributed by atoms with Gasteiger partial charge >= 0.3 is 0 Å². The number of benzene rings is 2. The van der Waals surface area contributed by atoms with Gasteiger partial charge in [0.1, 0.15) is 5.82 Å². The molecule has 2 aromatic heterocycles. The number of halogens is 2. The minimum atomic E-state index is -0.736. The van der Waals surface area contributed by atoms with E-state index in [1.54, 1.807) is 49.5 Å². The van der Waals surface area contributed by atoms with Crippen LogP contribution >= 0.6 is 11.6 Å². The zero-order valence-corrected chi connectivity index (χ0v) is 18.0. The predicted molar refractivity (Wildman–Crippen MR) is 121 cm³/mol. The van der Waals surface area contributed by atoms with Gasteiger partial charge < -0.3 is 16.2 Å². The minimum Gasteiger partial charge on any atom is -0.388 e. The second-order valence-corrected chi connectivity index (χ2v) is 7.88. The Morgan fingerprint density at radius 2 is 2.00 bits per heavy atom. The van der Waals surface area contributed by atoms with Gasteiger partial charge in [0, 0.05) is 28.9 Å². The number of nitrogen functional groups attached to an aromatic ring is 1. The van der Waals surface area contributed by atoms with Crippen LogP contribution in [0.1, 0.15) is 34.0 Å². The molecule has 1 atom stereocenters. The number of nitrogens with two attached hydrogens (primary N) is 1. The van der Waals surface area contributed by atoms with Gasteiger partial charge in [0.25, 0.3) is 5.91 Å². The molecule has 2 aromatic carbocycles. The number of hydrogen-bond acceptors (Lipinski definition) is 5. The first kappa shape index (κ1) is 21.7. The molecule has 4 rings (SSSR count). The SMILES string of the molecule is Cc1cc(F)c(-c2ccn3nc(N)nc3c2)cc1C(=O)NCC[C@H](O)c1ccc(Cl)cc1. The van der Waals surface area contributed by atoms with Crippen LogP contribution in [0.5, 0.6) is 0 Å². The number of aliphatic hydroxyl groups is 1. The quantitative estimate of drug-likeness (QED) is 0.410. The molecule has 2 heterocycles. The number of nitrogens with zero attached hydrogens (tertiary/aromatic N) is 3. The molecule has 7 nitrogen and oxygen atoms in total. The molecule has 0 aliphatic heterocycles. The van der Waals surface area contributed by atoms with Gasteiger partial charge in [-0.3, -0.25) is 4.79 Å². The summed E-state index contributed by atoms with van der Waals surface area (Å²) >= 11 is 5.86. The highest BCUT2D eigenvalue weighted by molar-refractivity contribution is 6.30. The number of aromatic nitrogens is 3. The van der Waals surface area contributed by atoms with Gasteiger partial charge in [0.15, 0.2) is 5.65 Å². The number of hydrogen-bond donors (Lipinski definition) is 3. The van der Waals surface area contributed by atoms with E-state index in [-0.39, 0.29) is 24.0 Å². The van der Waals surface area contributed by atoms with E-state index in [4.69, 9.17) is 17.3 Å². The zero-order valence-electron chi connectivity index (χ0n) is 17.2. The third kappa shape index (κ3) is 4.56. The predicted octanol–water partition coefficient (Wildman–Crippen LogP) is 3.93. The molecule has 164 valence electrons. The van der Waals surface area contributed by atoms with Crippen molar-refractivity contribution >= 4 is 29.1 Å². The van der Waals surface area contributed by atoms with Crippen LogP contribution in [0, 0.1) is 12.7 Å². The van der Waals surface area contributed by atoms with Crippen molar-refractivity contribution in [3.05, 3.63) is 82.3 Å². The van der Waals surface area contributed by atoms with Gasteiger partial charge in [-0.2, -0.15) is 4.98 Å². The highest BCUT2D eigenvalue weighted by Gasteiger charge is 2.16. The van der Waals surface area contributed by atoms with Crippen LogP contribution in [0.25, 0.3) is 16.8 Å². The molecule has 9 heteroatoms. The fraction of sp³-hybridized carbons (Fsp3) is 0.174. The van der Waals surface area contributed by atoms with Crippen molar-refractivity contribution in [1.82, 2.24) is 19.9 Å². The molecule has 32 heavy (non-hydrogen) atoms. The number of carbonyl (C=O) groups is 1. The monoisotopic (exact) mass is 453 g/mol. The zero-order chi connectivity index (χ0) is 22.8. The van der Waals surface area contributed by atoms with Gasteiger partial charge in [0.05, 0.1) is 6.10 Å². The Labute approximate surface area is 188 Å².